The molecule has 2 aromatic rings. The van der Waals surface area contributed by atoms with Gasteiger partial charge in [-0.15, -0.1) is 0 Å². The average Bonchev–Trinajstić information content (AvgIpc) is 2.61. The van der Waals surface area contributed by atoms with E-state index in [1.165, 1.54) is 11.1 Å². The zero-order valence-electron chi connectivity index (χ0n) is 16.2. The second-order valence-corrected chi connectivity index (χ2v) is 6.91. The molecule has 136 valence electrons. The topological polar surface area (TPSA) is 40.5 Å². The van der Waals surface area contributed by atoms with Gasteiger partial charge in [0, 0.05) is 6.42 Å². The first-order valence-corrected chi connectivity index (χ1v) is 9.71. The Kier molecular flexibility index (Phi) is 6.92. The van der Waals surface area contributed by atoms with Crippen LogP contribution >= 0.6 is 0 Å². The number of aromatic hydroxyl groups is 2. The van der Waals surface area contributed by atoms with Crippen LogP contribution in [0.1, 0.15) is 73.9 Å². The van der Waals surface area contributed by atoms with Crippen LogP contribution < -0.4 is 0 Å². The molecule has 0 saturated carbocycles. The quantitative estimate of drug-likeness (QED) is 0.645. The molecule has 0 saturated heterocycles. The van der Waals surface area contributed by atoms with Gasteiger partial charge in [0.2, 0.25) is 0 Å². The van der Waals surface area contributed by atoms with Crippen LogP contribution in [-0.2, 0) is 32.1 Å². The Bertz CT molecular complexity index is 655. The first kappa shape index (κ1) is 19.4. The van der Waals surface area contributed by atoms with Gasteiger partial charge in [0.25, 0.3) is 0 Å². The minimum absolute atomic E-state index is 0.400. The second-order valence-electron chi connectivity index (χ2n) is 6.91. The van der Waals surface area contributed by atoms with Crippen molar-refractivity contribution in [3.63, 3.8) is 0 Å². The summed E-state index contributed by atoms with van der Waals surface area (Å²) < 4.78 is 0. The van der Waals surface area contributed by atoms with E-state index in [1.807, 2.05) is 0 Å². The summed E-state index contributed by atoms with van der Waals surface area (Å²) in [7, 11) is 0. The van der Waals surface area contributed by atoms with Gasteiger partial charge in [-0.1, -0.05) is 64.8 Å². The van der Waals surface area contributed by atoms with Crippen molar-refractivity contribution in [1.29, 1.82) is 0 Å². The third-order valence-corrected chi connectivity index (χ3v) is 4.89. The Hall–Kier alpha value is -1.96. The molecule has 0 amide bonds. The monoisotopic (exact) mass is 340 g/mol. The Morgan fingerprint density at radius 2 is 0.960 bits per heavy atom. The van der Waals surface area contributed by atoms with Crippen LogP contribution in [0.4, 0.5) is 0 Å². The standard InChI is InChI=1S/C23H32O2/c1-5-9-18-11-16(7-3)13-20(22(18)24)15-21-14-17(8-4)12-19(10-6-2)23(21)25/h11-14,24-25H,5-10,15H2,1-4H3. The summed E-state index contributed by atoms with van der Waals surface area (Å²) in [5.41, 5.74) is 6.39. The summed E-state index contributed by atoms with van der Waals surface area (Å²) in [5, 5.41) is 21.4. The number of hydrogen-bond donors (Lipinski definition) is 2. The maximum Gasteiger partial charge on any atom is 0.122 e. The number of hydrogen-bond acceptors (Lipinski definition) is 2. The Balaban J connectivity index is 2.48. The molecule has 2 heteroatoms. The molecule has 0 aliphatic carbocycles. The molecule has 0 atom stereocenters. The predicted molar refractivity (Wildman–Crippen MR) is 106 cm³/mol. The number of rotatable bonds is 8. The maximum absolute atomic E-state index is 10.7. The van der Waals surface area contributed by atoms with Crippen molar-refractivity contribution in [3.05, 3.63) is 57.6 Å². The maximum atomic E-state index is 10.7. The summed E-state index contributed by atoms with van der Waals surface area (Å²) in [4.78, 5) is 0. The van der Waals surface area contributed by atoms with Gasteiger partial charge < -0.3 is 10.2 Å². The lowest BCUT2D eigenvalue weighted by Crippen LogP contribution is -1.99. The van der Waals surface area contributed by atoms with Gasteiger partial charge in [-0.25, -0.2) is 0 Å². The SMILES string of the molecule is CCCc1cc(CC)cc(Cc2cc(CC)cc(CCC)c2O)c1O. The van der Waals surface area contributed by atoms with Gasteiger partial charge in [0.15, 0.2) is 0 Å². The van der Waals surface area contributed by atoms with E-state index in [4.69, 9.17) is 0 Å². The van der Waals surface area contributed by atoms with Crippen molar-refractivity contribution < 1.29 is 10.2 Å². The molecule has 2 N–H and O–H groups in total. The van der Waals surface area contributed by atoms with Crippen molar-refractivity contribution in [2.24, 2.45) is 0 Å². The molecule has 0 bridgehead atoms. The van der Waals surface area contributed by atoms with Crippen molar-refractivity contribution in [1.82, 2.24) is 0 Å². The lowest BCUT2D eigenvalue weighted by molar-refractivity contribution is 0.454. The third-order valence-electron chi connectivity index (χ3n) is 4.89. The summed E-state index contributed by atoms with van der Waals surface area (Å²) in [6.45, 7) is 8.54. The highest BCUT2D eigenvalue weighted by Crippen LogP contribution is 2.33. The van der Waals surface area contributed by atoms with E-state index in [0.717, 1.165) is 60.8 Å². The zero-order valence-corrected chi connectivity index (χ0v) is 16.2. The normalized spacial score (nSPS) is 11.0. The number of benzene rings is 2. The molecule has 0 radical (unpaired) electrons. The van der Waals surface area contributed by atoms with E-state index in [2.05, 4.69) is 52.0 Å². The molecule has 2 nitrogen and oxygen atoms in total. The Morgan fingerprint density at radius 1 is 0.600 bits per heavy atom. The summed E-state index contributed by atoms with van der Waals surface area (Å²) in [5.74, 6) is 0.801. The molecule has 2 rings (SSSR count). The highest BCUT2D eigenvalue weighted by atomic mass is 16.3. The number of phenolic OH excluding ortho intramolecular Hbond substituents is 2. The summed E-state index contributed by atoms with van der Waals surface area (Å²) in [6, 6.07) is 8.42. The van der Waals surface area contributed by atoms with Crippen molar-refractivity contribution in [2.75, 3.05) is 0 Å². The van der Waals surface area contributed by atoms with Crippen molar-refractivity contribution in [3.8, 4) is 11.5 Å². The van der Waals surface area contributed by atoms with Crippen LogP contribution in [0, 0.1) is 0 Å². The van der Waals surface area contributed by atoms with Gasteiger partial charge in [-0.2, -0.15) is 0 Å². The number of phenols is 2. The zero-order chi connectivity index (χ0) is 18.4. The van der Waals surface area contributed by atoms with Gasteiger partial charge in [-0.05, 0) is 59.1 Å². The number of aryl methyl sites for hydroxylation is 4. The molecule has 25 heavy (non-hydrogen) atoms. The fourth-order valence-electron chi connectivity index (χ4n) is 3.47. The molecule has 0 aromatic heterocycles. The van der Waals surface area contributed by atoms with E-state index < -0.39 is 0 Å². The largest absolute Gasteiger partial charge is 0.507 e. The van der Waals surface area contributed by atoms with Crippen LogP contribution in [0.3, 0.4) is 0 Å². The summed E-state index contributed by atoms with van der Waals surface area (Å²) in [6.07, 6.45) is 6.27. The summed E-state index contributed by atoms with van der Waals surface area (Å²) >= 11 is 0. The van der Waals surface area contributed by atoms with E-state index in [9.17, 15) is 10.2 Å². The van der Waals surface area contributed by atoms with Gasteiger partial charge in [0.1, 0.15) is 11.5 Å². The minimum atomic E-state index is 0.400. The molecule has 0 aliphatic heterocycles. The Morgan fingerprint density at radius 3 is 1.28 bits per heavy atom. The van der Waals surface area contributed by atoms with Crippen molar-refractivity contribution in [2.45, 2.75) is 72.6 Å². The molecular weight excluding hydrogens is 308 g/mol. The molecule has 2 aromatic carbocycles. The fourth-order valence-corrected chi connectivity index (χ4v) is 3.47. The first-order chi connectivity index (χ1) is 12.0. The fraction of sp³-hybridized carbons (Fsp3) is 0.478. The van der Waals surface area contributed by atoms with Crippen LogP contribution in [0.5, 0.6) is 11.5 Å². The highest BCUT2D eigenvalue weighted by molar-refractivity contribution is 5.51. The smallest absolute Gasteiger partial charge is 0.122 e. The van der Waals surface area contributed by atoms with Gasteiger partial charge >= 0.3 is 0 Å². The van der Waals surface area contributed by atoms with E-state index in [-0.39, 0.29) is 0 Å². The molecule has 0 aliphatic rings. The van der Waals surface area contributed by atoms with E-state index >= 15 is 0 Å². The lowest BCUT2D eigenvalue weighted by atomic mass is 9.92. The van der Waals surface area contributed by atoms with Crippen LogP contribution in [-0.4, -0.2) is 10.2 Å². The molecule has 0 unspecified atom stereocenters. The van der Waals surface area contributed by atoms with Gasteiger partial charge in [-0.3, -0.25) is 0 Å². The Labute approximate surface area is 152 Å². The minimum Gasteiger partial charge on any atom is -0.507 e. The van der Waals surface area contributed by atoms with E-state index in [1.54, 1.807) is 0 Å². The molecular formula is C23H32O2. The second kappa shape index (κ2) is 8.94. The third kappa shape index (κ3) is 4.56. The molecule has 0 fully saturated rings. The molecule has 0 spiro atoms. The average molecular weight is 341 g/mol. The van der Waals surface area contributed by atoms with Crippen molar-refractivity contribution >= 4 is 0 Å². The van der Waals surface area contributed by atoms with Crippen LogP contribution in [0.25, 0.3) is 0 Å². The van der Waals surface area contributed by atoms with Crippen LogP contribution in [0.2, 0.25) is 0 Å². The van der Waals surface area contributed by atoms with Gasteiger partial charge in [0.05, 0.1) is 0 Å². The first-order valence-electron chi connectivity index (χ1n) is 9.71. The molecule has 0 heterocycles. The lowest BCUT2D eigenvalue weighted by Gasteiger charge is -2.16. The van der Waals surface area contributed by atoms with Crippen LogP contribution in [0.15, 0.2) is 24.3 Å². The predicted octanol–water partition coefficient (Wildman–Crippen LogP) is 5.72. The highest BCUT2D eigenvalue weighted by Gasteiger charge is 2.14. The van der Waals surface area contributed by atoms with E-state index in [0.29, 0.717) is 17.9 Å².